The Morgan fingerprint density at radius 1 is 1.27 bits per heavy atom. The lowest BCUT2D eigenvalue weighted by Gasteiger charge is -2.03. The quantitative estimate of drug-likeness (QED) is 0.292. The lowest BCUT2D eigenvalue weighted by atomic mass is 10.2. The number of hydrogen-bond donors (Lipinski definition) is 4. The molecule has 0 atom stereocenters. The Bertz CT molecular complexity index is 773. The first kappa shape index (κ1) is 30.6. The molecule has 3 rings (SSSR count). The molecule has 0 radical (unpaired) electrons. The maximum absolute atomic E-state index is 11.8. The van der Waals surface area contributed by atoms with Crippen molar-refractivity contribution >= 4 is 11.6 Å². The summed E-state index contributed by atoms with van der Waals surface area (Å²) in [6.45, 7) is 16.9. The van der Waals surface area contributed by atoms with Crippen molar-refractivity contribution in [2.45, 2.75) is 74.1 Å². The summed E-state index contributed by atoms with van der Waals surface area (Å²) in [5.74, 6) is 1.31. The van der Waals surface area contributed by atoms with Crippen LogP contribution in [0.3, 0.4) is 0 Å². The fraction of sp³-hybridized carbons (Fsp3) is 0.640. The molecule has 33 heavy (non-hydrogen) atoms. The van der Waals surface area contributed by atoms with E-state index in [4.69, 9.17) is 4.74 Å². The van der Waals surface area contributed by atoms with E-state index in [-0.39, 0.29) is 5.91 Å². The number of amides is 1. The average Bonchev–Trinajstić information content (AvgIpc) is 3.34. The number of imidazole rings is 1. The predicted octanol–water partition coefficient (Wildman–Crippen LogP) is 5.48. The highest BCUT2D eigenvalue weighted by atomic mass is 16.5. The standard InChI is InChI=1S/C12H15N5O.C6H12.C5H13NO.C2H6/c1-7-5-13-12(15-7)11-9(6-14-17-11)16-10(18)4-8-2-3-8;1-4-6(3)5-2;1-3-7-5-4-6-2;1-2/h5-6,8H,2-4H2,1H3,(H,13,15)(H,14,17)(H,16,18);4H,5H2,1-3H3;6H,3-5H2,1-2H3;1-2H3/b;6-4-;;. The summed E-state index contributed by atoms with van der Waals surface area (Å²) in [6.07, 6.45) is 9.62. The summed E-state index contributed by atoms with van der Waals surface area (Å²) in [5, 5.41) is 12.7. The first-order valence-electron chi connectivity index (χ1n) is 12.1. The molecule has 0 bridgehead atoms. The third kappa shape index (κ3) is 14.3. The van der Waals surface area contributed by atoms with Crippen molar-refractivity contribution in [1.29, 1.82) is 0 Å². The van der Waals surface area contributed by atoms with Crippen molar-refractivity contribution in [3.63, 3.8) is 0 Å². The second-order valence-electron chi connectivity index (χ2n) is 7.56. The molecule has 2 aromatic heterocycles. The number of likely N-dealkylation sites (N-methyl/N-ethyl adjacent to an activating group) is 1. The van der Waals surface area contributed by atoms with Gasteiger partial charge in [-0.3, -0.25) is 9.89 Å². The molecule has 2 aromatic rings. The van der Waals surface area contributed by atoms with Gasteiger partial charge in [-0.25, -0.2) is 4.98 Å². The number of carbonyl (C=O) groups is 1. The predicted molar refractivity (Wildman–Crippen MR) is 138 cm³/mol. The lowest BCUT2D eigenvalue weighted by molar-refractivity contribution is -0.116. The van der Waals surface area contributed by atoms with Crippen LogP contribution in [-0.2, 0) is 9.53 Å². The van der Waals surface area contributed by atoms with Gasteiger partial charge >= 0.3 is 0 Å². The van der Waals surface area contributed by atoms with Crippen LogP contribution in [0.2, 0.25) is 0 Å². The van der Waals surface area contributed by atoms with Crippen molar-refractivity contribution in [3.8, 4) is 11.5 Å². The number of nitrogens with zero attached hydrogens (tertiary/aromatic N) is 2. The van der Waals surface area contributed by atoms with Crippen LogP contribution in [0.5, 0.6) is 0 Å². The van der Waals surface area contributed by atoms with Crippen molar-refractivity contribution < 1.29 is 9.53 Å². The van der Waals surface area contributed by atoms with Crippen LogP contribution in [0.4, 0.5) is 5.69 Å². The maximum Gasteiger partial charge on any atom is 0.224 e. The molecule has 8 nitrogen and oxygen atoms in total. The second kappa shape index (κ2) is 19.1. The largest absolute Gasteiger partial charge is 0.380 e. The number of H-pyrrole nitrogens is 2. The summed E-state index contributed by atoms with van der Waals surface area (Å²) in [4.78, 5) is 19.1. The highest BCUT2D eigenvalue weighted by molar-refractivity contribution is 5.94. The summed E-state index contributed by atoms with van der Waals surface area (Å²) < 4.78 is 5.01. The smallest absolute Gasteiger partial charge is 0.224 e. The molecule has 1 fully saturated rings. The number of anilines is 1. The number of rotatable bonds is 9. The number of hydrogen-bond acceptors (Lipinski definition) is 5. The Kier molecular flexibility index (Phi) is 17.6. The molecule has 1 aliphatic carbocycles. The van der Waals surface area contributed by atoms with Crippen molar-refractivity contribution in [3.05, 3.63) is 29.7 Å². The van der Waals surface area contributed by atoms with Gasteiger partial charge in [0.1, 0.15) is 5.69 Å². The Morgan fingerprint density at radius 3 is 2.42 bits per heavy atom. The summed E-state index contributed by atoms with van der Waals surface area (Å²) in [5.41, 5.74) is 3.83. The Morgan fingerprint density at radius 2 is 1.97 bits per heavy atom. The van der Waals surface area contributed by atoms with Crippen LogP contribution in [0.15, 0.2) is 24.0 Å². The Balaban J connectivity index is 0.000000570. The minimum atomic E-state index is 0.0448. The summed E-state index contributed by atoms with van der Waals surface area (Å²) in [7, 11) is 1.92. The highest BCUT2D eigenvalue weighted by Gasteiger charge is 2.25. The second-order valence-corrected chi connectivity index (χ2v) is 7.56. The minimum absolute atomic E-state index is 0.0448. The van der Waals surface area contributed by atoms with E-state index in [1.165, 1.54) is 24.8 Å². The van der Waals surface area contributed by atoms with E-state index in [2.05, 4.69) is 57.6 Å². The lowest BCUT2D eigenvalue weighted by Crippen LogP contribution is -2.13. The van der Waals surface area contributed by atoms with Crippen LogP contribution in [0, 0.1) is 12.8 Å². The van der Waals surface area contributed by atoms with Gasteiger partial charge in [0, 0.05) is 31.5 Å². The van der Waals surface area contributed by atoms with Crippen LogP contribution < -0.4 is 10.6 Å². The molecular weight excluding hydrogens is 416 g/mol. The van der Waals surface area contributed by atoms with Gasteiger partial charge in [-0.15, -0.1) is 0 Å². The van der Waals surface area contributed by atoms with Crippen LogP contribution >= 0.6 is 0 Å². The molecular formula is C25H46N6O2. The number of aromatic nitrogens is 4. The zero-order valence-corrected chi connectivity index (χ0v) is 22.0. The van der Waals surface area contributed by atoms with E-state index in [0.717, 1.165) is 25.5 Å². The molecule has 4 N–H and O–H groups in total. The molecule has 0 saturated heterocycles. The van der Waals surface area contributed by atoms with E-state index in [9.17, 15) is 4.79 Å². The van der Waals surface area contributed by atoms with Gasteiger partial charge in [-0.2, -0.15) is 5.10 Å². The van der Waals surface area contributed by atoms with Crippen molar-refractivity contribution in [2.24, 2.45) is 5.92 Å². The van der Waals surface area contributed by atoms with E-state index >= 15 is 0 Å². The van der Waals surface area contributed by atoms with Gasteiger partial charge in [0.15, 0.2) is 5.82 Å². The number of ether oxygens (including phenoxy) is 1. The third-order valence-corrected chi connectivity index (χ3v) is 4.78. The molecule has 2 heterocycles. The van der Waals surface area contributed by atoms with Gasteiger partial charge in [-0.1, -0.05) is 32.4 Å². The van der Waals surface area contributed by atoms with Gasteiger partial charge in [0.25, 0.3) is 0 Å². The van der Waals surface area contributed by atoms with Gasteiger partial charge in [0.05, 0.1) is 18.5 Å². The molecule has 1 amide bonds. The number of aryl methyl sites for hydroxylation is 1. The molecule has 8 heteroatoms. The number of allylic oxidation sites excluding steroid dienone is 2. The van der Waals surface area contributed by atoms with Crippen molar-refractivity contribution in [1.82, 2.24) is 25.5 Å². The zero-order chi connectivity index (χ0) is 25.1. The van der Waals surface area contributed by atoms with Crippen molar-refractivity contribution in [2.75, 3.05) is 32.1 Å². The zero-order valence-electron chi connectivity index (χ0n) is 22.0. The van der Waals surface area contributed by atoms with Gasteiger partial charge in [0.2, 0.25) is 5.91 Å². The molecule has 1 saturated carbocycles. The Hall–Kier alpha value is -2.45. The average molecular weight is 463 g/mol. The first-order valence-corrected chi connectivity index (χ1v) is 12.1. The topological polar surface area (TPSA) is 108 Å². The SMILES string of the molecule is C/C=C(/C)CC.CC.CCOCCNC.Cc1cnc(-c2[nH]ncc2NC(=O)CC2CC2)[nH]1. The molecule has 0 aromatic carbocycles. The number of nitrogens with one attached hydrogen (secondary N) is 4. The van der Waals surface area contributed by atoms with E-state index in [1.54, 1.807) is 12.4 Å². The summed E-state index contributed by atoms with van der Waals surface area (Å²) >= 11 is 0. The fourth-order valence-corrected chi connectivity index (χ4v) is 2.41. The minimum Gasteiger partial charge on any atom is -0.380 e. The third-order valence-electron chi connectivity index (χ3n) is 4.78. The molecule has 1 aliphatic rings. The fourth-order valence-electron chi connectivity index (χ4n) is 2.41. The number of aromatic amines is 2. The Labute approximate surface area is 200 Å². The van der Waals surface area contributed by atoms with Gasteiger partial charge in [-0.05, 0) is 59.9 Å². The highest BCUT2D eigenvalue weighted by Crippen LogP contribution is 2.33. The molecule has 188 valence electrons. The summed E-state index contributed by atoms with van der Waals surface area (Å²) in [6, 6.07) is 0. The van der Waals surface area contributed by atoms with Crippen LogP contribution in [-0.4, -0.2) is 52.9 Å². The molecule has 0 aliphatic heterocycles. The van der Waals surface area contributed by atoms with E-state index in [0.29, 0.717) is 29.5 Å². The monoisotopic (exact) mass is 462 g/mol. The van der Waals surface area contributed by atoms with Crippen LogP contribution in [0.1, 0.15) is 72.9 Å². The maximum atomic E-state index is 11.8. The van der Waals surface area contributed by atoms with Crippen LogP contribution in [0.25, 0.3) is 11.5 Å². The van der Waals surface area contributed by atoms with E-state index in [1.807, 2.05) is 34.7 Å². The molecule has 0 unspecified atom stereocenters. The first-order chi connectivity index (χ1) is 15.9. The normalized spacial score (nSPS) is 12.4. The molecule has 0 spiro atoms. The number of carbonyl (C=O) groups excluding carboxylic acids is 1. The van der Waals surface area contributed by atoms with Gasteiger partial charge < -0.3 is 20.4 Å². The van der Waals surface area contributed by atoms with E-state index < -0.39 is 0 Å².